The van der Waals surface area contributed by atoms with Gasteiger partial charge in [0.1, 0.15) is 11.4 Å². The monoisotopic (exact) mass is 343 g/mol. The van der Waals surface area contributed by atoms with Gasteiger partial charge in [0.15, 0.2) is 0 Å². The molecule has 1 aromatic carbocycles. The number of carbonyl (C=O) groups excluding carboxylic acids is 1. The van der Waals surface area contributed by atoms with Gasteiger partial charge in [-0.25, -0.2) is 0 Å². The summed E-state index contributed by atoms with van der Waals surface area (Å²) in [6.45, 7) is 2.48. The highest BCUT2D eigenvalue weighted by Crippen LogP contribution is 2.26. The van der Waals surface area contributed by atoms with Crippen LogP contribution in [0.4, 0.5) is 0 Å². The summed E-state index contributed by atoms with van der Waals surface area (Å²) in [4.78, 5) is 12.2. The molecule has 0 bridgehead atoms. The Balaban J connectivity index is 2.05. The number of rotatable bonds is 4. The molecular formula is C14H18BrNO4. The van der Waals surface area contributed by atoms with Crippen LogP contribution in [0.15, 0.2) is 22.7 Å². The lowest BCUT2D eigenvalue weighted by atomic mass is 9.96. The highest BCUT2D eigenvalue weighted by molar-refractivity contribution is 9.10. The molecule has 1 aliphatic heterocycles. The lowest BCUT2D eigenvalue weighted by Crippen LogP contribution is -2.47. The van der Waals surface area contributed by atoms with Gasteiger partial charge in [0.25, 0.3) is 5.91 Å². The maximum atomic E-state index is 12.2. The van der Waals surface area contributed by atoms with E-state index < -0.39 is 5.60 Å². The van der Waals surface area contributed by atoms with Crippen molar-refractivity contribution in [3.63, 3.8) is 0 Å². The summed E-state index contributed by atoms with van der Waals surface area (Å²) in [6.07, 6.45) is 0.241. The molecule has 1 saturated heterocycles. The number of benzene rings is 1. The number of aliphatic hydroxyl groups is 1. The normalized spacial score (nSPS) is 25.5. The second kappa shape index (κ2) is 6.11. The molecule has 1 amide bonds. The van der Waals surface area contributed by atoms with Crippen molar-refractivity contribution >= 4 is 21.8 Å². The molecule has 0 aliphatic carbocycles. The van der Waals surface area contributed by atoms with Gasteiger partial charge in [0.05, 0.1) is 18.8 Å². The van der Waals surface area contributed by atoms with E-state index in [0.29, 0.717) is 28.8 Å². The third kappa shape index (κ3) is 3.13. The maximum Gasteiger partial charge on any atom is 0.252 e. The third-order valence-electron chi connectivity index (χ3n) is 3.63. The molecule has 5 nitrogen and oxygen atoms in total. The number of nitrogens with one attached hydrogen (secondary N) is 1. The second-order valence-electron chi connectivity index (χ2n) is 4.90. The van der Waals surface area contributed by atoms with Gasteiger partial charge in [0.2, 0.25) is 0 Å². The van der Waals surface area contributed by atoms with Gasteiger partial charge in [-0.05, 0) is 41.1 Å². The van der Waals surface area contributed by atoms with Gasteiger partial charge < -0.3 is 19.9 Å². The molecule has 2 atom stereocenters. The van der Waals surface area contributed by atoms with Crippen LogP contribution in [0.1, 0.15) is 23.7 Å². The zero-order valence-corrected chi connectivity index (χ0v) is 13.1. The zero-order chi connectivity index (χ0) is 14.8. The van der Waals surface area contributed by atoms with Crippen LogP contribution in [-0.2, 0) is 4.74 Å². The van der Waals surface area contributed by atoms with E-state index in [1.54, 1.807) is 32.2 Å². The molecule has 1 aromatic rings. The van der Waals surface area contributed by atoms with Crippen LogP contribution in [0.3, 0.4) is 0 Å². The summed E-state index contributed by atoms with van der Waals surface area (Å²) in [5.41, 5.74) is -0.527. The van der Waals surface area contributed by atoms with Crippen molar-refractivity contribution in [2.45, 2.75) is 25.0 Å². The predicted octanol–water partition coefficient (Wildman–Crippen LogP) is 1.73. The van der Waals surface area contributed by atoms with Gasteiger partial charge in [-0.1, -0.05) is 0 Å². The van der Waals surface area contributed by atoms with Crippen molar-refractivity contribution in [2.24, 2.45) is 0 Å². The fourth-order valence-corrected chi connectivity index (χ4v) is 2.56. The molecule has 1 aliphatic rings. The maximum absolute atomic E-state index is 12.2. The molecule has 0 spiro atoms. The number of hydrogen-bond acceptors (Lipinski definition) is 4. The standard InChI is InChI=1S/C14H18BrNO4/c1-9-14(18,5-6-20-9)8-16-13(17)11-7-10(19-2)3-4-12(11)15/h3-4,7,9,18H,5-6,8H2,1-2H3,(H,16,17). The van der Waals surface area contributed by atoms with Gasteiger partial charge in [0, 0.05) is 24.0 Å². The summed E-state index contributed by atoms with van der Waals surface area (Å²) < 4.78 is 11.1. The fraction of sp³-hybridized carbons (Fsp3) is 0.500. The summed E-state index contributed by atoms with van der Waals surface area (Å²) in [7, 11) is 1.55. The first-order valence-electron chi connectivity index (χ1n) is 6.42. The van der Waals surface area contributed by atoms with Crippen LogP contribution >= 0.6 is 15.9 Å². The Morgan fingerprint density at radius 3 is 3.00 bits per heavy atom. The van der Waals surface area contributed by atoms with Crippen molar-refractivity contribution in [3.05, 3.63) is 28.2 Å². The van der Waals surface area contributed by atoms with Crippen LogP contribution in [0.25, 0.3) is 0 Å². The van der Waals surface area contributed by atoms with E-state index >= 15 is 0 Å². The first-order chi connectivity index (χ1) is 9.46. The highest BCUT2D eigenvalue weighted by atomic mass is 79.9. The molecule has 0 radical (unpaired) electrons. The van der Waals surface area contributed by atoms with Crippen molar-refractivity contribution in [2.75, 3.05) is 20.3 Å². The van der Waals surface area contributed by atoms with Crippen LogP contribution in [0, 0.1) is 0 Å². The number of carbonyl (C=O) groups is 1. The van der Waals surface area contributed by atoms with Gasteiger partial charge in [-0.3, -0.25) is 4.79 Å². The molecule has 20 heavy (non-hydrogen) atoms. The van der Waals surface area contributed by atoms with E-state index in [1.165, 1.54) is 0 Å². The summed E-state index contributed by atoms with van der Waals surface area (Å²) >= 11 is 3.34. The minimum absolute atomic E-state index is 0.163. The molecule has 6 heteroatoms. The first-order valence-corrected chi connectivity index (χ1v) is 7.21. The lowest BCUT2D eigenvalue weighted by molar-refractivity contribution is -0.0251. The van der Waals surface area contributed by atoms with E-state index in [0.717, 1.165) is 0 Å². The SMILES string of the molecule is COc1ccc(Br)c(C(=O)NCC2(O)CCOC2C)c1. The van der Waals surface area contributed by atoms with Crippen LogP contribution < -0.4 is 10.1 Å². The Morgan fingerprint density at radius 2 is 2.40 bits per heavy atom. The highest BCUT2D eigenvalue weighted by Gasteiger charge is 2.39. The number of hydrogen-bond donors (Lipinski definition) is 2. The molecule has 1 fully saturated rings. The Labute approximate surface area is 126 Å². The van der Waals surface area contributed by atoms with Gasteiger partial charge in [-0.15, -0.1) is 0 Å². The van der Waals surface area contributed by atoms with E-state index in [-0.39, 0.29) is 18.6 Å². The largest absolute Gasteiger partial charge is 0.497 e. The van der Waals surface area contributed by atoms with E-state index in [4.69, 9.17) is 9.47 Å². The smallest absolute Gasteiger partial charge is 0.252 e. The van der Waals surface area contributed by atoms with Gasteiger partial charge >= 0.3 is 0 Å². The Kier molecular flexibility index (Phi) is 4.67. The Hall–Kier alpha value is -1.11. The Morgan fingerprint density at radius 1 is 1.65 bits per heavy atom. The second-order valence-corrected chi connectivity index (χ2v) is 5.75. The lowest BCUT2D eigenvalue weighted by Gasteiger charge is -2.26. The van der Waals surface area contributed by atoms with E-state index in [1.807, 2.05) is 0 Å². The van der Waals surface area contributed by atoms with E-state index in [9.17, 15) is 9.90 Å². The fourth-order valence-electron chi connectivity index (χ4n) is 2.14. The average molecular weight is 344 g/mol. The van der Waals surface area contributed by atoms with Crippen LogP contribution in [0.2, 0.25) is 0 Å². The summed E-state index contributed by atoms with van der Waals surface area (Å²) in [5, 5.41) is 13.1. The number of amides is 1. The van der Waals surface area contributed by atoms with Crippen molar-refractivity contribution in [3.8, 4) is 5.75 Å². The number of ether oxygens (including phenoxy) is 2. The molecule has 1 heterocycles. The first kappa shape index (κ1) is 15.3. The predicted molar refractivity (Wildman–Crippen MR) is 78.0 cm³/mol. The van der Waals surface area contributed by atoms with E-state index in [2.05, 4.69) is 21.2 Å². The summed E-state index contributed by atoms with van der Waals surface area (Å²) in [5.74, 6) is 0.345. The molecule has 0 aromatic heterocycles. The average Bonchev–Trinajstić information content (AvgIpc) is 2.77. The Bertz CT molecular complexity index is 508. The number of methoxy groups -OCH3 is 1. The molecular weight excluding hydrogens is 326 g/mol. The number of halogens is 1. The van der Waals surface area contributed by atoms with Crippen LogP contribution in [-0.4, -0.2) is 43.0 Å². The third-order valence-corrected chi connectivity index (χ3v) is 4.32. The summed E-state index contributed by atoms with van der Waals surface area (Å²) in [6, 6.07) is 5.17. The molecule has 110 valence electrons. The van der Waals surface area contributed by atoms with Crippen LogP contribution in [0.5, 0.6) is 5.75 Å². The van der Waals surface area contributed by atoms with Crippen molar-refractivity contribution in [1.82, 2.24) is 5.32 Å². The minimum atomic E-state index is -0.999. The zero-order valence-electron chi connectivity index (χ0n) is 11.5. The van der Waals surface area contributed by atoms with Gasteiger partial charge in [-0.2, -0.15) is 0 Å². The van der Waals surface area contributed by atoms with Crippen molar-refractivity contribution < 1.29 is 19.4 Å². The molecule has 2 N–H and O–H groups in total. The molecule has 2 unspecified atom stereocenters. The topological polar surface area (TPSA) is 67.8 Å². The van der Waals surface area contributed by atoms with Crippen molar-refractivity contribution in [1.29, 1.82) is 0 Å². The molecule has 2 rings (SSSR count). The minimum Gasteiger partial charge on any atom is -0.497 e. The quantitative estimate of drug-likeness (QED) is 0.873. The molecule has 0 saturated carbocycles.